The number of hydrogen-bond acceptors (Lipinski definition) is 3. The van der Waals surface area contributed by atoms with E-state index in [4.69, 9.17) is 9.47 Å². The molecule has 0 aromatic heterocycles. The van der Waals surface area contributed by atoms with Crippen molar-refractivity contribution in [3.8, 4) is 11.5 Å². The monoisotopic (exact) mass is 272 g/mol. The zero-order valence-corrected chi connectivity index (χ0v) is 12.1. The highest BCUT2D eigenvalue weighted by Gasteiger charge is 2.16. The molecule has 0 radical (unpaired) electrons. The number of aliphatic hydroxyl groups excluding tert-OH is 1. The molecule has 2 aromatic rings. The minimum Gasteiger partial charge on any atom is -0.497 e. The van der Waals surface area contributed by atoms with E-state index in [9.17, 15) is 5.11 Å². The summed E-state index contributed by atoms with van der Waals surface area (Å²) in [4.78, 5) is 0. The quantitative estimate of drug-likeness (QED) is 0.907. The molecule has 3 nitrogen and oxygen atoms in total. The fourth-order valence-corrected chi connectivity index (χ4v) is 2.26. The Morgan fingerprint density at radius 3 is 2.45 bits per heavy atom. The lowest BCUT2D eigenvalue weighted by Crippen LogP contribution is -2.05. The molecule has 0 fully saturated rings. The molecule has 106 valence electrons. The minimum absolute atomic E-state index is 0.552. The number of ether oxygens (including phenoxy) is 2. The first-order valence-electron chi connectivity index (χ1n) is 6.60. The Balaban J connectivity index is 2.28. The summed E-state index contributed by atoms with van der Waals surface area (Å²) in [5.41, 5.74) is 3.05. The molecule has 1 unspecified atom stereocenters. The molecule has 0 saturated carbocycles. The molecule has 0 spiro atoms. The van der Waals surface area contributed by atoms with Crippen LogP contribution in [-0.4, -0.2) is 19.3 Å². The SMILES string of the molecule is COc1ccc(OC)c(C(O)Cc2ccccc2C)c1. The van der Waals surface area contributed by atoms with E-state index in [1.807, 2.05) is 49.4 Å². The molecule has 0 aliphatic heterocycles. The predicted molar refractivity (Wildman–Crippen MR) is 79.4 cm³/mol. The van der Waals surface area contributed by atoms with Gasteiger partial charge in [-0.25, -0.2) is 0 Å². The molecule has 0 bridgehead atoms. The van der Waals surface area contributed by atoms with Crippen molar-refractivity contribution in [1.29, 1.82) is 0 Å². The Morgan fingerprint density at radius 2 is 1.80 bits per heavy atom. The van der Waals surface area contributed by atoms with E-state index >= 15 is 0 Å². The Morgan fingerprint density at radius 1 is 1.05 bits per heavy atom. The van der Waals surface area contributed by atoms with E-state index in [1.165, 1.54) is 5.56 Å². The molecular formula is C17H20O3. The van der Waals surface area contributed by atoms with Gasteiger partial charge in [-0.15, -0.1) is 0 Å². The van der Waals surface area contributed by atoms with Crippen LogP contribution in [0.15, 0.2) is 42.5 Å². The highest BCUT2D eigenvalue weighted by Crippen LogP contribution is 2.31. The van der Waals surface area contributed by atoms with Crippen molar-refractivity contribution in [2.75, 3.05) is 14.2 Å². The highest BCUT2D eigenvalue weighted by molar-refractivity contribution is 5.42. The van der Waals surface area contributed by atoms with E-state index in [0.717, 1.165) is 11.1 Å². The van der Waals surface area contributed by atoms with Crippen LogP contribution >= 0.6 is 0 Å². The lowest BCUT2D eigenvalue weighted by atomic mass is 9.97. The predicted octanol–water partition coefficient (Wildman–Crippen LogP) is 3.29. The molecular weight excluding hydrogens is 252 g/mol. The normalized spacial score (nSPS) is 12.0. The summed E-state index contributed by atoms with van der Waals surface area (Å²) >= 11 is 0. The average molecular weight is 272 g/mol. The number of methoxy groups -OCH3 is 2. The first kappa shape index (κ1) is 14.4. The Bertz CT molecular complexity index is 578. The summed E-state index contributed by atoms with van der Waals surface area (Å²) < 4.78 is 10.5. The number of rotatable bonds is 5. The first-order valence-corrected chi connectivity index (χ1v) is 6.60. The molecule has 0 aliphatic carbocycles. The van der Waals surface area contributed by atoms with Crippen LogP contribution < -0.4 is 9.47 Å². The fraction of sp³-hybridized carbons (Fsp3) is 0.294. The maximum absolute atomic E-state index is 10.5. The zero-order valence-electron chi connectivity index (χ0n) is 12.1. The van der Waals surface area contributed by atoms with Crippen LogP contribution in [0.5, 0.6) is 11.5 Å². The smallest absolute Gasteiger partial charge is 0.124 e. The van der Waals surface area contributed by atoms with E-state index in [-0.39, 0.29) is 0 Å². The lowest BCUT2D eigenvalue weighted by molar-refractivity contribution is 0.173. The molecule has 1 atom stereocenters. The second-order valence-corrected chi connectivity index (χ2v) is 4.75. The summed E-state index contributed by atoms with van der Waals surface area (Å²) in [5.74, 6) is 1.39. The van der Waals surface area contributed by atoms with Crippen molar-refractivity contribution in [1.82, 2.24) is 0 Å². The molecule has 0 aliphatic rings. The number of aliphatic hydroxyl groups is 1. The summed E-state index contributed by atoms with van der Waals surface area (Å²) in [6.07, 6.45) is -0.0721. The van der Waals surface area contributed by atoms with Crippen molar-refractivity contribution in [3.63, 3.8) is 0 Å². The van der Waals surface area contributed by atoms with E-state index in [1.54, 1.807) is 14.2 Å². The number of aryl methyl sites for hydroxylation is 1. The van der Waals surface area contributed by atoms with E-state index in [2.05, 4.69) is 0 Å². The molecule has 0 heterocycles. The average Bonchev–Trinajstić information content (AvgIpc) is 2.48. The van der Waals surface area contributed by atoms with Gasteiger partial charge in [-0.1, -0.05) is 24.3 Å². The van der Waals surface area contributed by atoms with Crippen LogP contribution in [0.2, 0.25) is 0 Å². The van der Waals surface area contributed by atoms with Gasteiger partial charge in [0.1, 0.15) is 11.5 Å². The van der Waals surface area contributed by atoms with Crippen LogP contribution in [0, 0.1) is 6.92 Å². The second kappa shape index (κ2) is 6.44. The third kappa shape index (κ3) is 3.11. The van der Waals surface area contributed by atoms with Crippen molar-refractivity contribution < 1.29 is 14.6 Å². The van der Waals surface area contributed by atoms with Crippen LogP contribution in [0.3, 0.4) is 0 Å². The summed E-state index contributed by atoms with van der Waals surface area (Å²) in [5, 5.41) is 10.5. The van der Waals surface area contributed by atoms with Gasteiger partial charge in [0.25, 0.3) is 0 Å². The van der Waals surface area contributed by atoms with Gasteiger partial charge in [0.05, 0.1) is 20.3 Å². The van der Waals surface area contributed by atoms with Gasteiger partial charge in [0.15, 0.2) is 0 Å². The topological polar surface area (TPSA) is 38.7 Å². The standard InChI is InChI=1S/C17H20O3/c1-12-6-4-5-7-13(12)10-16(18)15-11-14(19-2)8-9-17(15)20-3/h4-9,11,16,18H,10H2,1-3H3. The molecule has 2 aromatic carbocycles. The van der Waals surface area contributed by atoms with Gasteiger partial charge in [-0.2, -0.15) is 0 Å². The largest absolute Gasteiger partial charge is 0.497 e. The Hall–Kier alpha value is -2.00. The lowest BCUT2D eigenvalue weighted by Gasteiger charge is -2.17. The molecule has 3 heteroatoms. The number of benzene rings is 2. The third-order valence-corrected chi connectivity index (χ3v) is 3.47. The van der Waals surface area contributed by atoms with E-state index in [0.29, 0.717) is 17.9 Å². The van der Waals surface area contributed by atoms with Crippen molar-refractivity contribution in [2.45, 2.75) is 19.4 Å². The summed E-state index contributed by atoms with van der Waals surface area (Å²) in [6.45, 7) is 2.05. The molecule has 20 heavy (non-hydrogen) atoms. The van der Waals surface area contributed by atoms with Crippen molar-refractivity contribution >= 4 is 0 Å². The van der Waals surface area contributed by atoms with Gasteiger partial charge in [0.2, 0.25) is 0 Å². The highest BCUT2D eigenvalue weighted by atomic mass is 16.5. The Labute approximate surface area is 119 Å². The van der Waals surface area contributed by atoms with Gasteiger partial charge in [-0.05, 0) is 36.2 Å². The molecule has 0 amide bonds. The summed E-state index contributed by atoms with van der Waals surface area (Å²) in [6, 6.07) is 13.5. The van der Waals surface area contributed by atoms with E-state index < -0.39 is 6.10 Å². The maximum Gasteiger partial charge on any atom is 0.124 e. The van der Waals surface area contributed by atoms with Crippen LogP contribution in [0.1, 0.15) is 22.8 Å². The second-order valence-electron chi connectivity index (χ2n) is 4.75. The molecule has 2 rings (SSSR count). The van der Waals surface area contributed by atoms with Crippen LogP contribution in [0.4, 0.5) is 0 Å². The molecule has 1 N–H and O–H groups in total. The van der Waals surface area contributed by atoms with Gasteiger partial charge in [0, 0.05) is 12.0 Å². The van der Waals surface area contributed by atoms with Crippen molar-refractivity contribution in [3.05, 3.63) is 59.2 Å². The third-order valence-electron chi connectivity index (χ3n) is 3.47. The first-order chi connectivity index (χ1) is 9.65. The maximum atomic E-state index is 10.5. The zero-order chi connectivity index (χ0) is 14.5. The van der Waals surface area contributed by atoms with Crippen LogP contribution in [-0.2, 0) is 6.42 Å². The van der Waals surface area contributed by atoms with Crippen molar-refractivity contribution in [2.24, 2.45) is 0 Å². The minimum atomic E-state index is -0.624. The van der Waals surface area contributed by atoms with Gasteiger partial charge in [-0.3, -0.25) is 0 Å². The summed E-state index contributed by atoms with van der Waals surface area (Å²) in [7, 11) is 3.21. The van der Waals surface area contributed by atoms with Gasteiger partial charge >= 0.3 is 0 Å². The van der Waals surface area contributed by atoms with Crippen LogP contribution in [0.25, 0.3) is 0 Å². The Kier molecular flexibility index (Phi) is 4.64. The molecule has 0 saturated heterocycles. The fourth-order valence-electron chi connectivity index (χ4n) is 2.26. The van der Waals surface area contributed by atoms with Gasteiger partial charge < -0.3 is 14.6 Å². The number of hydrogen-bond donors (Lipinski definition) is 1.